The van der Waals surface area contributed by atoms with Crippen LogP contribution in [0.25, 0.3) is 21.6 Å². The maximum Gasteiger partial charge on any atom is 0.223 e. The number of carbonyl (C=O) groups is 1. The molecule has 0 radical (unpaired) electrons. The second kappa shape index (κ2) is 9.09. The SMILES string of the molecule is COc1ccc(-c2cc(CNC(=O)C3CC4CCC3C4)sc2-c2ccc(Cl)cc2Cl)cc1. The highest BCUT2D eigenvalue weighted by molar-refractivity contribution is 7.16. The van der Waals surface area contributed by atoms with Crippen molar-refractivity contribution in [3.8, 4) is 27.3 Å². The van der Waals surface area contributed by atoms with Gasteiger partial charge in [0.1, 0.15) is 5.75 Å². The number of fused-ring (bicyclic) bond motifs is 2. The van der Waals surface area contributed by atoms with Crippen molar-refractivity contribution < 1.29 is 9.53 Å². The average molecular weight is 486 g/mol. The van der Waals surface area contributed by atoms with Gasteiger partial charge in [0, 0.05) is 31.8 Å². The summed E-state index contributed by atoms with van der Waals surface area (Å²) in [5.74, 6) is 2.57. The molecule has 1 amide bonds. The number of halogens is 2. The number of rotatable bonds is 6. The third-order valence-electron chi connectivity index (χ3n) is 6.87. The fourth-order valence-electron chi connectivity index (χ4n) is 5.26. The zero-order valence-electron chi connectivity index (χ0n) is 17.9. The third-order valence-corrected chi connectivity index (χ3v) is 8.59. The van der Waals surface area contributed by atoms with E-state index in [1.807, 2.05) is 36.4 Å². The van der Waals surface area contributed by atoms with Crippen molar-refractivity contribution in [2.24, 2.45) is 17.8 Å². The van der Waals surface area contributed by atoms with Crippen LogP contribution in [0.5, 0.6) is 5.75 Å². The Morgan fingerprint density at radius 1 is 1.06 bits per heavy atom. The van der Waals surface area contributed by atoms with Gasteiger partial charge in [0.05, 0.1) is 18.7 Å². The van der Waals surface area contributed by atoms with Gasteiger partial charge in [-0.1, -0.05) is 47.8 Å². The molecule has 2 saturated carbocycles. The van der Waals surface area contributed by atoms with E-state index in [9.17, 15) is 4.79 Å². The maximum absolute atomic E-state index is 12.8. The Hall–Kier alpha value is -2.01. The molecular formula is C26H25Cl2NO2S. The summed E-state index contributed by atoms with van der Waals surface area (Å²) in [5, 5.41) is 4.44. The van der Waals surface area contributed by atoms with E-state index in [4.69, 9.17) is 27.9 Å². The summed E-state index contributed by atoms with van der Waals surface area (Å²) in [6.45, 7) is 0.533. The Kier molecular flexibility index (Phi) is 6.20. The van der Waals surface area contributed by atoms with Gasteiger partial charge in [0.25, 0.3) is 0 Å². The number of hydrogen-bond acceptors (Lipinski definition) is 3. The van der Waals surface area contributed by atoms with Crippen molar-refractivity contribution in [3.63, 3.8) is 0 Å². The van der Waals surface area contributed by atoms with Crippen LogP contribution in [0.15, 0.2) is 48.5 Å². The Balaban J connectivity index is 1.43. The normalized spacial score (nSPS) is 21.7. The van der Waals surface area contributed by atoms with Crippen LogP contribution in [0.2, 0.25) is 10.0 Å². The molecule has 2 fully saturated rings. The molecule has 0 saturated heterocycles. The molecule has 5 rings (SSSR count). The van der Waals surface area contributed by atoms with Crippen LogP contribution in [0.1, 0.15) is 30.6 Å². The highest BCUT2D eigenvalue weighted by atomic mass is 35.5. The van der Waals surface area contributed by atoms with Crippen LogP contribution in [-0.2, 0) is 11.3 Å². The van der Waals surface area contributed by atoms with Gasteiger partial charge in [0.2, 0.25) is 5.91 Å². The molecule has 3 atom stereocenters. The lowest BCUT2D eigenvalue weighted by atomic mass is 9.88. The summed E-state index contributed by atoms with van der Waals surface area (Å²) in [4.78, 5) is 15.0. The van der Waals surface area contributed by atoms with Crippen LogP contribution < -0.4 is 10.1 Å². The minimum atomic E-state index is 0.194. The van der Waals surface area contributed by atoms with Gasteiger partial charge in [0.15, 0.2) is 0 Å². The first-order valence-electron chi connectivity index (χ1n) is 11.0. The van der Waals surface area contributed by atoms with Crippen molar-refractivity contribution in [2.75, 3.05) is 7.11 Å². The van der Waals surface area contributed by atoms with Gasteiger partial charge < -0.3 is 10.1 Å². The second-order valence-electron chi connectivity index (χ2n) is 8.81. The maximum atomic E-state index is 12.8. The first-order valence-corrected chi connectivity index (χ1v) is 12.6. The molecule has 1 aromatic heterocycles. The average Bonchev–Trinajstić information content (AvgIpc) is 3.53. The second-order valence-corrected chi connectivity index (χ2v) is 10.8. The highest BCUT2D eigenvalue weighted by Gasteiger charge is 2.42. The minimum absolute atomic E-state index is 0.194. The van der Waals surface area contributed by atoms with Crippen LogP contribution in [0.3, 0.4) is 0 Å². The Bertz CT molecular complexity index is 1140. The molecule has 0 aliphatic heterocycles. The van der Waals surface area contributed by atoms with E-state index < -0.39 is 0 Å². The molecule has 2 bridgehead atoms. The molecular weight excluding hydrogens is 461 g/mol. The molecule has 2 aliphatic carbocycles. The Labute approximate surface area is 202 Å². The highest BCUT2D eigenvalue weighted by Crippen LogP contribution is 2.48. The van der Waals surface area contributed by atoms with Crippen molar-refractivity contribution >= 4 is 40.4 Å². The molecule has 0 spiro atoms. The standard InChI is InChI=1S/C26H25Cl2NO2S/c1-31-19-7-4-16(5-8-19)22-13-20(32-25(22)21-9-6-18(27)12-24(21)28)14-29-26(30)23-11-15-2-3-17(23)10-15/h4-9,12-13,15,17,23H,2-3,10-11,14H2,1H3,(H,29,30). The quantitative estimate of drug-likeness (QED) is 0.393. The number of carbonyl (C=O) groups excluding carboxylic acids is 1. The molecule has 3 aromatic rings. The summed E-state index contributed by atoms with van der Waals surface area (Å²) in [6.07, 6.45) is 4.81. The van der Waals surface area contributed by atoms with Crippen LogP contribution >= 0.6 is 34.5 Å². The van der Waals surface area contributed by atoms with Gasteiger partial charge in [-0.05, 0) is 67.0 Å². The Morgan fingerprint density at radius 3 is 2.53 bits per heavy atom. The van der Waals surface area contributed by atoms with Crippen molar-refractivity contribution in [1.82, 2.24) is 5.32 Å². The summed E-state index contributed by atoms with van der Waals surface area (Å²) < 4.78 is 5.31. The number of methoxy groups -OCH3 is 1. The van der Waals surface area contributed by atoms with E-state index in [-0.39, 0.29) is 11.8 Å². The van der Waals surface area contributed by atoms with Gasteiger partial charge in [-0.15, -0.1) is 11.3 Å². The van der Waals surface area contributed by atoms with E-state index in [0.717, 1.165) is 44.5 Å². The fourth-order valence-corrected chi connectivity index (χ4v) is 6.98. The lowest BCUT2D eigenvalue weighted by Crippen LogP contribution is -2.33. The number of hydrogen-bond donors (Lipinski definition) is 1. The van der Waals surface area contributed by atoms with Crippen LogP contribution in [0, 0.1) is 17.8 Å². The number of amides is 1. The first kappa shape index (κ1) is 21.8. The molecule has 1 N–H and O–H groups in total. The van der Waals surface area contributed by atoms with Crippen LogP contribution in [-0.4, -0.2) is 13.0 Å². The van der Waals surface area contributed by atoms with E-state index >= 15 is 0 Å². The molecule has 2 aliphatic rings. The summed E-state index contributed by atoms with van der Waals surface area (Å²) in [7, 11) is 1.66. The zero-order chi connectivity index (χ0) is 22.2. The number of benzene rings is 2. The molecule has 3 nitrogen and oxygen atoms in total. The van der Waals surface area contributed by atoms with E-state index in [1.165, 1.54) is 19.3 Å². The summed E-state index contributed by atoms with van der Waals surface area (Å²) in [5.41, 5.74) is 3.11. The number of nitrogens with one attached hydrogen (secondary N) is 1. The summed E-state index contributed by atoms with van der Waals surface area (Å²) in [6, 6.07) is 15.8. The third kappa shape index (κ3) is 4.28. The molecule has 3 unspecified atom stereocenters. The smallest absolute Gasteiger partial charge is 0.223 e. The minimum Gasteiger partial charge on any atom is -0.497 e. The van der Waals surface area contributed by atoms with Gasteiger partial charge in [-0.3, -0.25) is 4.79 Å². The van der Waals surface area contributed by atoms with Gasteiger partial charge in [-0.25, -0.2) is 0 Å². The predicted octanol–water partition coefficient (Wildman–Crippen LogP) is 7.45. The van der Waals surface area contributed by atoms with Crippen molar-refractivity contribution in [3.05, 3.63) is 63.5 Å². The monoisotopic (exact) mass is 485 g/mol. The van der Waals surface area contributed by atoms with Crippen molar-refractivity contribution in [2.45, 2.75) is 32.2 Å². The van der Waals surface area contributed by atoms with E-state index in [1.54, 1.807) is 24.5 Å². The van der Waals surface area contributed by atoms with Gasteiger partial charge >= 0.3 is 0 Å². The van der Waals surface area contributed by atoms with Crippen LogP contribution in [0.4, 0.5) is 0 Å². The summed E-state index contributed by atoms with van der Waals surface area (Å²) >= 11 is 14.4. The molecule has 166 valence electrons. The largest absolute Gasteiger partial charge is 0.497 e. The lowest BCUT2D eigenvalue weighted by molar-refractivity contribution is -0.126. The first-order chi connectivity index (χ1) is 15.5. The zero-order valence-corrected chi connectivity index (χ0v) is 20.2. The van der Waals surface area contributed by atoms with E-state index in [2.05, 4.69) is 11.4 Å². The lowest BCUT2D eigenvalue weighted by Gasteiger charge is -2.20. The van der Waals surface area contributed by atoms with Gasteiger partial charge in [-0.2, -0.15) is 0 Å². The predicted molar refractivity (Wildman–Crippen MR) is 133 cm³/mol. The molecule has 32 heavy (non-hydrogen) atoms. The number of thiophene rings is 1. The Morgan fingerprint density at radius 2 is 1.88 bits per heavy atom. The van der Waals surface area contributed by atoms with Crippen molar-refractivity contribution in [1.29, 1.82) is 0 Å². The number of ether oxygens (including phenoxy) is 1. The fraction of sp³-hybridized carbons (Fsp3) is 0.346. The molecule has 1 heterocycles. The molecule has 2 aromatic carbocycles. The van der Waals surface area contributed by atoms with E-state index in [0.29, 0.717) is 22.5 Å². The topological polar surface area (TPSA) is 38.3 Å². The molecule has 6 heteroatoms.